The maximum atomic E-state index is 5.95. The molecule has 0 unspecified atom stereocenters. The number of nitrogens with one attached hydrogen (secondary N) is 2. The van der Waals surface area contributed by atoms with E-state index in [1.165, 1.54) is 37.7 Å². The van der Waals surface area contributed by atoms with Gasteiger partial charge in [0, 0.05) is 21.9 Å². The number of hydrogen-bond donors (Lipinski definition) is 2. The van der Waals surface area contributed by atoms with E-state index in [4.69, 9.17) is 23.8 Å². The van der Waals surface area contributed by atoms with Crippen molar-refractivity contribution >= 4 is 46.4 Å². The van der Waals surface area contributed by atoms with Crippen LogP contribution in [0, 0.1) is 0 Å². The van der Waals surface area contributed by atoms with E-state index in [1.807, 2.05) is 42.6 Å². The molecule has 1 aromatic heterocycles. The van der Waals surface area contributed by atoms with E-state index in [-0.39, 0.29) is 5.41 Å². The minimum absolute atomic E-state index is 0.155. The number of thiocarbonyl (C=S) groups is 1. The van der Waals surface area contributed by atoms with E-state index in [2.05, 4.69) is 45.9 Å². The van der Waals surface area contributed by atoms with Gasteiger partial charge in [0.05, 0.1) is 11.9 Å². The molecule has 1 heterocycles. The zero-order chi connectivity index (χ0) is 21.5. The summed E-state index contributed by atoms with van der Waals surface area (Å²) in [7, 11) is 0. The van der Waals surface area contributed by atoms with Crippen LogP contribution < -0.4 is 10.6 Å². The molecule has 3 aromatic rings. The van der Waals surface area contributed by atoms with Crippen LogP contribution in [-0.2, 0) is 5.41 Å². The summed E-state index contributed by atoms with van der Waals surface area (Å²) in [6, 6.07) is 22.6. The number of halogens is 1. The summed E-state index contributed by atoms with van der Waals surface area (Å²) in [5.74, 6) is 0. The average molecular weight is 468 g/mol. The average Bonchev–Trinajstić information content (AvgIpc) is 2.82. The summed E-state index contributed by atoms with van der Waals surface area (Å²) >= 11 is 13.1. The van der Waals surface area contributed by atoms with Gasteiger partial charge in [-0.1, -0.05) is 73.0 Å². The van der Waals surface area contributed by atoms with E-state index in [0.717, 1.165) is 27.2 Å². The molecule has 4 rings (SSSR count). The predicted octanol–water partition coefficient (Wildman–Crippen LogP) is 7.07. The second-order valence-electron chi connectivity index (χ2n) is 7.96. The minimum atomic E-state index is 0.155. The molecule has 0 bridgehead atoms. The molecule has 160 valence electrons. The molecule has 0 atom stereocenters. The third kappa shape index (κ3) is 6.00. The molecule has 3 nitrogen and oxygen atoms in total. The van der Waals surface area contributed by atoms with E-state index < -0.39 is 0 Å². The van der Waals surface area contributed by atoms with Crippen LogP contribution in [0.15, 0.2) is 82.8 Å². The number of rotatable bonds is 6. The van der Waals surface area contributed by atoms with Crippen molar-refractivity contribution in [2.75, 3.05) is 11.9 Å². The molecule has 1 aliphatic rings. The lowest BCUT2D eigenvalue weighted by atomic mass is 9.69. The Morgan fingerprint density at radius 3 is 2.39 bits per heavy atom. The number of pyridine rings is 1. The van der Waals surface area contributed by atoms with Gasteiger partial charge in [-0.05, 0) is 67.0 Å². The predicted molar refractivity (Wildman–Crippen MR) is 135 cm³/mol. The van der Waals surface area contributed by atoms with Crippen molar-refractivity contribution < 1.29 is 0 Å². The molecule has 1 saturated carbocycles. The van der Waals surface area contributed by atoms with Gasteiger partial charge in [0.25, 0.3) is 0 Å². The van der Waals surface area contributed by atoms with Crippen LogP contribution in [0.4, 0.5) is 5.69 Å². The lowest BCUT2D eigenvalue weighted by molar-refractivity contribution is 0.292. The summed E-state index contributed by atoms with van der Waals surface area (Å²) in [5.41, 5.74) is 2.45. The number of aromatic nitrogens is 1. The zero-order valence-corrected chi connectivity index (χ0v) is 19.7. The Morgan fingerprint density at radius 2 is 1.71 bits per heavy atom. The van der Waals surface area contributed by atoms with E-state index in [9.17, 15) is 0 Å². The van der Waals surface area contributed by atoms with Crippen molar-refractivity contribution in [3.63, 3.8) is 0 Å². The number of nitrogens with zero attached hydrogens (tertiary/aromatic N) is 1. The molecule has 31 heavy (non-hydrogen) atoms. The smallest absolute Gasteiger partial charge is 0.170 e. The summed E-state index contributed by atoms with van der Waals surface area (Å²) < 4.78 is 0. The number of benzene rings is 2. The first-order valence-electron chi connectivity index (χ1n) is 10.6. The molecule has 0 spiro atoms. The molecule has 6 heteroatoms. The summed E-state index contributed by atoms with van der Waals surface area (Å²) in [4.78, 5) is 5.65. The zero-order valence-electron chi connectivity index (χ0n) is 17.3. The molecule has 0 aliphatic heterocycles. The molecule has 2 N–H and O–H groups in total. The monoisotopic (exact) mass is 467 g/mol. The van der Waals surface area contributed by atoms with Gasteiger partial charge in [0.15, 0.2) is 5.11 Å². The molecule has 2 aromatic carbocycles. The van der Waals surface area contributed by atoms with Gasteiger partial charge in [-0.2, -0.15) is 0 Å². The molecule has 1 aliphatic carbocycles. The van der Waals surface area contributed by atoms with Gasteiger partial charge in [-0.25, -0.2) is 4.98 Å². The van der Waals surface area contributed by atoms with Crippen LogP contribution in [-0.4, -0.2) is 16.6 Å². The highest BCUT2D eigenvalue weighted by molar-refractivity contribution is 7.99. The second kappa shape index (κ2) is 10.5. The highest BCUT2D eigenvalue weighted by atomic mass is 35.5. The standard InChI is InChI=1S/C25H26ClN3S2/c26-20-9-12-22(13-10-20)31-23-14-11-21(17-27-23)29-24(30)28-18-25(15-5-2-6-16-25)19-7-3-1-4-8-19/h1,3-4,7-14,17H,2,5-6,15-16,18H2,(H2,28,29,30). The first-order valence-corrected chi connectivity index (χ1v) is 12.2. The SMILES string of the molecule is S=C(NCC1(c2ccccc2)CCCCC1)Nc1ccc(Sc2ccc(Cl)cc2)nc1. The Kier molecular flexibility index (Phi) is 7.49. The Hall–Kier alpha value is -2.08. The van der Waals surface area contributed by atoms with Gasteiger partial charge in [0.2, 0.25) is 0 Å². The first-order chi connectivity index (χ1) is 15.1. The van der Waals surface area contributed by atoms with Crippen molar-refractivity contribution in [3.05, 3.63) is 83.5 Å². The van der Waals surface area contributed by atoms with Gasteiger partial charge < -0.3 is 10.6 Å². The Bertz CT molecular complexity index is 986. The van der Waals surface area contributed by atoms with Crippen LogP contribution >= 0.6 is 35.6 Å². The van der Waals surface area contributed by atoms with Crippen LogP contribution in [0.2, 0.25) is 5.02 Å². The fraction of sp³-hybridized carbons (Fsp3) is 0.280. The van der Waals surface area contributed by atoms with Crippen molar-refractivity contribution in [2.24, 2.45) is 0 Å². The molecule has 0 saturated heterocycles. The highest BCUT2D eigenvalue weighted by Crippen LogP contribution is 2.39. The molecule has 1 fully saturated rings. The van der Waals surface area contributed by atoms with Crippen molar-refractivity contribution in [2.45, 2.75) is 47.4 Å². The van der Waals surface area contributed by atoms with Crippen molar-refractivity contribution in [3.8, 4) is 0 Å². The second-order valence-corrected chi connectivity index (χ2v) is 9.89. The number of hydrogen-bond acceptors (Lipinski definition) is 3. The van der Waals surface area contributed by atoms with Crippen LogP contribution in [0.3, 0.4) is 0 Å². The van der Waals surface area contributed by atoms with Crippen molar-refractivity contribution in [1.82, 2.24) is 10.3 Å². The molecular weight excluding hydrogens is 442 g/mol. The van der Waals surface area contributed by atoms with E-state index in [1.54, 1.807) is 11.8 Å². The fourth-order valence-electron chi connectivity index (χ4n) is 4.15. The van der Waals surface area contributed by atoms with E-state index >= 15 is 0 Å². The largest absolute Gasteiger partial charge is 0.362 e. The third-order valence-electron chi connectivity index (χ3n) is 5.81. The normalized spacial score (nSPS) is 15.3. The topological polar surface area (TPSA) is 37.0 Å². The Labute approximate surface area is 199 Å². The van der Waals surface area contributed by atoms with Crippen LogP contribution in [0.1, 0.15) is 37.7 Å². The maximum absolute atomic E-state index is 5.95. The first kappa shape index (κ1) is 22.1. The quantitative estimate of drug-likeness (QED) is 0.379. The highest BCUT2D eigenvalue weighted by Gasteiger charge is 2.33. The van der Waals surface area contributed by atoms with Crippen LogP contribution in [0.25, 0.3) is 0 Å². The van der Waals surface area contributed by atoms with Crippen molar-refractivity contribution in [1.29, 1.82) is 0 Å². The maximum Gasteiger partial charge on any atom is 0.170 e. The summed E-state index contributed by atoms with van der Waals surface area (Å²) in [6.45, 7) is 0.848. The molecule has 0 radical (unpaired) electrons. The van der Waals surface area contributed by atoms with Gasteiger partial charge in [0.1, 0.15) is 5.03 Å². The summed E-state index contributed by atoms with van der Waals surface area (Å²) in [6.07, 6.45) is 8.08. The number of anilines is 1. The molecular formula is C25H26ClN3S2. The lowest BCUT2D eigenvalue weighted by Crippen LogP contribution is -2.43. The Morgan fingerprint density at radius 1 is 0.968 bits per heavy atom. The molecule has 0 amide bonds. The van der Waals surface area contributed by atoms with Gasteiger partial charge >= 0.3 is 0 Å². The van der Waals surface area contributed by atoms with E-state index in [0.29, 0.717) is 5.11 Å². The third-order valence-corrected chi connectivity index (χ3v) is 7.27. The Balaban J connectivity index is 1.34. The minimum Gasteiger partial charge on any atom is -0.362 e. The summed E-state index contributed by atoms with van der Waals surface area (Å²) in [5, 5.41) is 9.06. The lowest BCUT2D eigenvalue weighted by Gasteiger charge is -2.38. The van der Waals surface area contributed by atoms with Crippen LogP contribution in [0.5, 0.6) is 0 Å². The van der Waals surface area contributed by atoms with Gasteiger partial charge in [-0.3, -0.25) is 0 Å². The fourth-order valence-corrected chi connectivity index (χ4v) is 5.22. The van der Waals surface area contributed by atoms with Gasteiger partial charge in [-0.15, -0.1) is 0 Å².